The average molecular weight is 507 g/mol. The Labute approximate surface area is 175 Å². The average Bonchev–Trinajstić information content (AvgIpc) is 3.31. The number of thiophene rings is 1. The second-order valence-corrected chi connectivity index (χ2v) is 10.2. The number of carbonyl (C=O) groups excluding carboxylic acids is 1. The Hall–Kier alpha value is -1.65. The van der Waals surface area contributed by atoms with Crippen molar-refractivity contribution in [1.82, 2.24) is 10.5 Å². The first-order chi connectivity index (χ1) is 13.6. The van der Waals surface area contributed by atoms with E-state index in [1.165, 1.54) is 18.2 Å². The molecule has 1 fully saturated rings. The fourth-order valence-electron chi connectivity index (χ4n) is 2.78. The molecule has 0 aliphatic heterocycles. The fraction of sp³-hybridized carbons (Fsp3) is 0.294. The largest absolute Gasteiger partial charge is 0.400 e. The Kier molecular flexibility index (Phi) is 5.15. The number of fused-ring (bicyclic) bond motifs is 1. The van der Waals surface area contributed by atoms with E-state index >= 15 is 0 Å². The predicted octanol–water partition coefficient (Wildman–Crippen LogP) is 4.69. The number of carbonyl (C=O) groups is 1. The molecule has 7 nitrogen and oxygen atoms in total. The lowest BCUT2D eigenvalue weighted by molar-refractivity contribution is 0.0595. The minimum Gasteiger partial charge on any atom is -0.361 e. The van der Waals surface area contributed by atoms with Crippen molar-refractivity contribution < 1.29 is 32.5 Å². The van der Waals surface area contributed by atoms with Crippen molar-refractivity contribution in [2.24, 2.45) is 0 Å². The molecule has 1 saturated carbocycles. The Bertz CT molecular complexity index is 1150. The smallest absolute Gasteiger partial charge is 0.361 e. The maximum Gasteiger partial charge on any atom is 0.400 e. The summed E-state index contributed by atoms with van der Waals surface area (Å²) in [4.78, 5) is 29.6. The van der Waals surface area contributed by atoms with E-state index < -0.39 is 24.0 Å². The number of hydrogen-bond donors (Lipinski definition) is 3. The van der Waals surface area contributed by atoms with Gasteiger partial charge < -0.3 is 19.6 Å². The molecule has 2 aromatic heterocycles. The summed E-state index contributed by atoms with van der Waals surface area (Å²) in [6, 6.07) is 6.11. The third-order valence-electron chi connectivity index (χ3n) is 4.52. The normalized spacial score (nSPS) is 15.1. The standard InChI is InChI=1S/C17H14BrF2N2O5PS/c18-14-11-5-9(3-4-13(11)29-15(14)17(19,20)28(24,25)26)16(23)21-7-10-6-12(27-22-10)8-1-2-8/h3-6,8H,1-2,7H2,(H,21,23)(H2,24,25,26). The maximum absolute atomic E-state index is 14.1. The van der Waals surface area contributed by atoms with Crippen LogP contribution in [0.1, 0.15) is 45.4 Å². The number of benzene rings is 1. The predicted molar refractivity (Wildman–Crippen MR) is 105 cm³/mol. The van der Waals surface area contributed by atoms with Crippen LogP contribution in [0.3, 0.4) is 0 Å². The second kappa shape index (κ2) is 7.24. The molecule has 1 aromatic carbocycles. The summed E-state index contributed by atoms with van der Waals surface area (Å²) in [5.74, 6) is 0.770. The molecule has 0 unspecified atom stereocenters. The first kappa shape index (κ1) is 20.6. The van der Waals surface area contributed by atoms with Crippen LogP contribution in [-0.4, -0.2) is 20.9 Å². The quantitative estimate of drug-likeness (QED) is 0.418. The Balaban J connectivity index is 1.55. The minimum absolute atomic E-state index is 0.147. The third-order valence-corrected chi connectivity index (χ3v) is 7.95. The van der Waals surface area contributed by atoms with E-state index in [9.17, 15) is 18.1 Å². The second-order valence-electron chi connectivity index (χ2n) is 6.72. The van der Waals surface area contributed by atoms with Crippen LogP contribution in [0.25, 0.3) is 10.1 Å². The van der Waals surface area contributed by atoms with Crippen LogP contribution >= 0.6 is 34.9 Å². The summed E-state index contributed by atoms with van der Waals surface area (Å²) in [6.45, 7) is 0.152. The minimum atomic E-state index is -5.70. The number of nitrogens with one attached hydrogen (secondary N) is 1. The van der Waals surface area contributed by atoms with Gasteiger partial charge in [0, 0.05) is 32.1 Å². The summed E-state index contributed by atoms with van der Waals surface area (Å²) in [6.07, 6.45) is 2.14. The molecule has 1 aliphatic carbocycles. The number of rotatable bonds is 6. The molecule has 0 spiro atoms. The fourth-order valence-corrected chi connectivity index (χ4v) is 5.70. The summed E-state index contributed by atoms with van der Waals surface area (Å²) in [5, 5.41) is 6.86. The number of aromatic nitrogens is 1. The number of amides is 1. The first-order valence-corrected chi connectivity index (χ1v) is 11.7. The van der Waals surface area contributed by atoms with Gasteiger partial charge in [-0.1, -0.05) is 5.16 Å². The molecule has 0 radical (unpaired) electrons. The van der Waals surface area contributed by atoms with E-state index in [2.05, 4.69) is 26.4 Å². The molecule has 1 aliphatic rings. The lowest BCUT2D eigenvalue weighted by atomic mass is 10.1. The molecule has 12 heteroatoms. The molecule has 3 N–H and O–H groups in total. The maximum atomic E-state index is 14.1. The molecule has 154 valence electrons. The van der Waals surface area contributed by atoms with Crippen molar-refractivity contribution in [3.8, 4) is 0 Å². The van der Waals surface area contributed by atoms with E-state index in [0.29, 0.717) is 27.6 Å². The van der Waals surface area contributed by atoms with Crippen LogP contribution in [0, 0.1) is 0 Å². The highest BCUT2D eigenvalue weighted by molar-refractivity contribution is 9.10. The number of halogens is 3. The number of alkyl halides is 2. The van der Waals surface area contributed by atoms with Gasteiger partial charge in [0.1, 0.15) is 16.3 Å². The van der Waals surface area contributed by atoms with Crippen LogP contribution in [0.2, 0.25) is 0 Å². The Morgan fingerprint density at radius 1 is 1.38 bits per heavy atom. The van der Waals surface area contributed by atoms with E-state index in [0.717, 1.165) is 18.6 Å². The van der Waals surface area contributed by atoms with Crippen LogP contribution in [0.15, 0.2) is 33.3 Å². The highest BCUT2D eigenvalue weighted by Crippen LogP contribution is 2.62. The molecule has 29 heavy (non-hydrogen) atoms. The van der Waals surface area contributed by atoms with Crippen LogP contribution in [-0.2, 0) is 16.8 Å². The SMILES string of the molecule is O=C(NCc1cc(C2CC2)on1)c1ccc2sc(C(F)(F)P(=O)(O)O)c(Br)c2c1. The van der Waals surface area contributed by atoms with Crippen LogP contribution in [0.4, 0.5) is 8.78 Å². The molecule has 1 amide bonds. The Morgan fingerprint density at radius 3 is 2.76 bits per heavy atom. The molecule has 2 heterocycles. The zero-order valence-corrected chi connectivity index (χ0v) is 17.9. The van der Waals surface area contributed by atoms with E-state index in [-0.39, 0.29) is 22.0 Å². The lowest BCUT2D eigenvalue weighted by Gasteiger charge is -2.16. The summed E-state index contributed by atoms with van der Waals surface area (Å²) in [7, 11) is -5.70. The van der Waals surface area contributed by atoms with E-state index in [1.54, 1.807) is 6.07 Å². The molecule has 0 saturated heterocycles. The highest BCUT2D eigenvalue weighted by Gasteiger charge is 2.53. The third kappa shape index (κ3) is 3.89. The van der Waals surface area contributed by atoms with Crippen LogP contribution in [0.5, 0.6) is 0 Å². The molecular formula is C17H14BrF2N2O5PS. The molecule has 4 rings (SSSR count). The van der Waals surface area contributed by atoms with Crippen molar-refractivity contribution in [2.75, 3.05) is 0 Å². The monoisotopic (exact) mass is 506 g/mol. The van der Waals surface area contributed by atoms with Crippen molar-refractivity contribution in [3.63, 3.8) is 0 Å². The molecular weight excluding hydrogens is 493 g/mol. The van der Waals surface area contributed by atoms with Gasteiger partial charge in [-0.05, 0) is 47.0 Å². The highest BCUT2D eigenvalue weighted by atomic mass is 79.9. The molecule has 0 bridgehead atoms. The van der Waals surface area contributed by atoms with Gasteiger partial charge in [0.25, 0.3) is 5.91 Å². The molecule has 0 atom stereocenters. The number of hydrogen-bond acceptors (Lipinski definition) is 5. The van der Waals surface area contributed by atoms with Crippen molar-refractivity contribution in [1.29, 1.82) is 0 Å². The zero-order valence-electron chi connectivity index (χ0n) is 14.6. The topological polar surface area (TPSA) is 113 Å². The zero-order chi connectivity index (χ0) is 21.0. The first-order valence-electron chi connectivity index (χ1n) is 8.47. The molecule has 3 aromatic rings. The summed E-state index contributed by atoms with van der Waals surface area (Å²) >= 11 is 3.55. The van der Waals surface area contributed by atoms with Gasteiger partial charge in [-0.25, -0.2) is 0 Å². The van der Waals surface area contributed by atoms with Crippen molar-refractivity contribution >= 4 is 50.9 Å². The van der Waals surface area contributed by atoms with Gasteiger partial charge in [0.2, 0.25) is 0 Å². The van der Waals surface area contributed by atoms with Gasteiger partial charge in [-0.15, -0.1) is 11.3 Å². The van der Waals surface area contributed by atoms with Crippen LogP contribution < -0.4 is 5.32 Å². The van der Waals surface area contributed by atoms with Gasteiger partial charge in [0.05, 0.1) is 6.54 Å². The van der Waals surface area contributed by atoms with Crippen molar-refractivity contribution in [2.45, 2.75) is 31.0 Å². The van der Waals surface area contributed by atoms with Gasteiger partial charge in [-0.2, -0.15) is 8.78 Å². The van der Waals surface area contributed by atoms with Crippen molar-refractivity contribution in [3.05, 3.63) is 50.6 Å². The van der Waals surface area contributed by atoms with Gasteiger partial charge in [-0.3, -0.25) is 9.36 Å². The van der Waals surface area contributed by atoms with E-state index in [1.807, 2.05) is 0 Å². The lowest BCUT2D eigenvalue weighted by Crippen LogP contribution is -2.22. The number of nitrogens with zero attached hydrogens (tertiary/aromatic N) is 1. The summed E-state index contributed by atoms with van der Waals surface area (Å²) < 4.78 is 44.8. The van der Waals surface area contributed by atoms with Gasteiger partial charge in [0.15, 0.2) is 0 Å². The van der Waals surface area contributed by atoms with E-state index in [4.69, 9.17) is 14.3 Å². The van der Waals surface area contributed by atoms with Gasteiger partial charge >= 0.3 is 13.3 Å². The Morgan fingerprint density at radius 2 is 2.10 bits per heavy atom. The summed E-state index contributed by atoms with van der Waals surface area (Å²) in [5.41, 5.74) is -3.53.